The summed E-state index contributed by atoms with van der Waals surface area (Å²) in [6.45, 7) is 6.45. The van der Waals surface area contributed by atoms with Crippen LogP contribution in [0.3, 0.4) is 0 Å². The summed E-state index contributed by atoms with van der Waals surface area (Å²) in [6, 6.07) is 0.127. The van der Waals surface area contributed by atoms with Gasteiger partial charge in [0.2, 0.25) is 0 Å². The van der Waals surface area contributed by atoms with Crippen LogP contribution in [0.25, 0.3) is 0 Å². The highest BCUT2D eigenvalue weighted by Crippen LogP contribution is 2.16. The smallest absolute Gasteiger partial charge is 0.136 e. The van der Waals surface area contributed by atoms with E-state index in [9.17, 15) is 4.79 Å². The highest BCUT2D eigenvalue weighted by Gasteiger charge is 2.19. The summed E-state index contributed by atoms with van der Waals surface area (Å²) in [5.41, 5.74) is 0. The summed E-state index contributed by atoms with van der Waals surface area (Å²) in [5.74, 6) is 0.852. The van der Waals surface area contributed by atoms with Crippen molar-refractivity contribution in [2.24, 2.45) is 5.92 Å². The van der Waals surface area contributed by atoms with E-state index in [0.29, 0.717) is 0 Å². The Hall–Kier alpha value is -0.370. The first-order valence-electron chi connectivity index (χ1n) is 4.43. The Morgan fingerprint density at radius 2 is 2.00 bits per heavy atom. The van der Waals surface area contributed by atoms with Crippen LogP contribution in [0.1, 0.15) is 26.7 Å². The first kappa shape index (κ1) is 8.72. The minimum Gasteiger partial charge on any atom is -0.302 e. The monoisotopic (exact) mass is 155 g/mol. The molecule has 2 heteroatoms. The van der Waals surface area contributed by atoms with Crippen LogP contribution >= 0.6 is 0 Å². The highest BCUT2D eigenvalue weighted by molar-refractivity contribution is 5.56. The van der Waals surface area contributed by atoms with Gasteiger partial charge in [-0.25, -0.2) is 0 Å². The Balaban J connectivity index is 2.32. The number of piperidine rings is 1. The first-order valence-corrected chi connectivity index (χ1v) is 4.43. The van der Waals surface area contributed by atoms with Gasteiger partial charge >= 0.3 is 0 Å². The van der Waals surface area contributed by atoms with Gasteiger partial charge in [-0.05, 0) is 38.8 Å². The molecule has 1 atom stereocenters. The van der Waals surface area contributed by atoms with Gasteiger partial charge in [-0.3, -0.25) is 4.90 Å². The van der Waals surface area contributed by atoms with E-state index in [4.69, 9.17) is 0 Å². The van der Waals surface area contributed by atoms with E-state index in [1.54, 1.807) is 0 Å². The minimum atomic E-state index is 0.127. The van der Waals surface area contributed by atoms with E-state index in [2.05, 4.69) is 11.8 Å². The molecule has 0 amide bonds. The molecule has 0 saturated carbocycles. The quantitative estimate of drug-likeness (QED) is 0.560. The molecule has 1 fully saturated rings. The Morgan fingerprint density at radius 3 is 2.45 bits per heavy atom. The van der Waals surface area contributed by atoms with E-state index in [1.165, 1.54) is 12.8 Å². The van der Waals surface area contributed by atoms with Crippen LogP contribution in [0.5, 0.6) is 0 Å². The van der Waals surface area contributed by atoms with Gasteiger partial charge in [0.05, 0.1) is 6.04 Å². The van der Waals surface area contributed by atoms with E-state index in [-0.39, 0.29) is 6.04 Å². The van der Waals surface area contributed by atoms with Gasteiger partial charge in [0.15, 0.2) is 0 Å². The van der Waals surface area contributed by atoms with Crippen LogP contribution in [0, 0.1) is 5.92 Å². The van der Waals surface area contributed by atoms with Crippen LogP contribution in [0.4, 0.5) is 0 Å². The third-order valence-electron chi connectivity index (χ3n) is 2.59. The van der Waals surface area contributed by atoms with Crippen LogP contribution in [-0.2, 0) is 4.79 Å². The molecular formula is C9H17NO. The largest absolute Gasteiger partial charge is 0.302 e. The van der Waals surface area contributed by atoms with Crippen molar-refractivity contribution in [3.8, 4) is 0 Å². The van der Waals surface area contributed by atoms with Crippen molar-refractivity contribution < 1.29 is 4.79 Å². The number of hydrogen-bond donors (Lipinski definition) is 0. The lowest BCUT2D eigenvalue weighted by Crippen LogP contribution is -2.40. The number of likely N-dealkylation sites (tertiary alicyclic amines) is 1. The molecule has 0 radical (unpaired) electrons. The zero-order valence-corrected chi connectivity index (χ0v) is 7.42. The molecule has 0 bridgehead atoms. The molecule has 0 spiro atoms. The number of carbonyl (C=O) groups excluding carboxylic acids is 1. The van der Waals surface area contributed by atoms with Crippen molar-refractivity contribution in [3.05, 3.63) is 0 Å². The zero-order valence-electron chi connectivity index (χ0n) is 7.42. The van der Waals surface area contributed by atoms with Gasteiger partial charge < -0.3 is 4.79 Å². The van der Waals surface area contributed by atoms with Crippen LogP contribution in [0.2, 0.25) is 0 Å². The van der Waals surface area contributed by atoms with E-state index >= 15 is 0 Å². The van der Waals surface area contributed by atoms with Crippen LogP contribution in [-0.4, -0.2) is 30.3 Å². The summed E-state index contributed by atoms with van der Waals surface area (Å²) in [4.78, 5) is 12.7. The van der Waals surface area contributed by atoms with Gasteiger partial charge in [0.1, 0.15) is 6.29 Å². The average molecular weight is 155 g/mol. The number of carbonyl (C=O) groups is 1. The lowest BCUT2D eigenvalue weighted by atomic mass is 9.98. The number of rotatable bonds is 2. The SMILES string of the molecule is CC1CCN(C(C)C=O)CC1. The second-order valence-corrected chi connectivity index (χ2v) is 3.60. The zero-order chi connectivity index (χ0) is 8.27. The van der Waals surface area contributed by atoms with Gasteiger partial charge in [-0.15, -0.1) is 0 Å². The first-order chi connectivity index (χ1) is 5.24. The molecule has 2 nitrogen and oxygen atoms in total. The summed E-state index contributed by atoms with van der Waals surface area (Å²) in [6.07, 6.45) is 3.53. The van der Waals surface area contributed by atoms with Crippen molar-refractivity contribution in [1.82, 2.24) is 4.90 Å². The maximum absolute atomic E-state index is 10.4. The molecule has 1 saturated heterocycles. The van der Waals surface area contributed by atoms with E-state index < -0.39 is 0 Å². The fourth-order valence-corrected chi connectivity index (χ4v) is 1.52. The Kier molecular flexibility index (Phi) is 3.06. The molecule has 0 N–H and O–H groups in total. The Labute approximate surface area is 68.6 Å². The summed E-state index contributed by atoms with van der Waals surface area (Å²) in [5, 5.41) is 0. The molecule has 11 heavy (non-hydrogen) atoms. The molecule has 0 aromatic carbocycles. The third kappa shape index (κ3) is 2.29. The maximum atomic E-state index is 10.4. The molecule has 64 valence electrons. The highest BCUT2D eigenvalue weighted by atomic mass is 16.1. The minimum absolute atomic E-state index is 0.127. The number of nitrogens with zero attached hydrogens (tertiary/aromatic N) is 1. The normalized spacial score (nSPS) is 24.9. The van der Waals surface area contributed by atoms with Crippen molar-refractivity contribution in [3.63, 3.8) is 0 Å². The predicted molar refractivity (Wildman–Crippen MR) is 45.5 cm³/mol. The van der Waals surface area contributed by atoms with Gasteiger partial charge in [-0.1, -0.05) is 6.92 Å². The van der Waals surface area contributed by atoms with Gasteiger partial charge in [0, 0.05) is 0 Å². The molecule has 0 aromatic rings. The lowest BCUT2D eigenvalue weighted by molar-refractivity contribution is -0.112. The van der Waals surface area contributed by atoms with Crippen LogP contribution < -0.4 is 0 Å². The third-order valence-corrected chi connectivity index (χ3v) is 2.59. The second kappa shape index (κ2) is 3.86. The molecule has 1 aliphatic rings. The summed E-state index contributed by atoms with van der Waals surface area (Å²) in [7, 11) is 0. The fraction of sp³-hybridized carbons (Fsp3) is 0.889. The lowest BCUT2D eigenvalue weighted by Gasteiger charge is -2.32. The molecule has 1 rings (SSSR count). The Morgan fingerprint density at radius 1 is 1.45 bits per heavy atom. The van der Waals surface area contributed by atoms with E-state index in [0.717, 1.165) is 25.3 Å². The predicted octanol–water partition coefficient (Wildman–Crippen LogP) is 1.31. The van der Waals surface area contributed by atoms with Gasteiger partial charge in [0.25, 0.3) is 0 Å². The molecule has 1 heterocycles. The average Bonchev–Trinajstić information content (AvgIpc) is 2.05. The molecular weight excluding hydrogens is 138 g/mol. The summed E-state index contributed by atoms with van der Waals surface area (Å²) < 4.78 is 0. The Bertz CT molecular complexity index is 128. The van der Waals surface area contributed by atoms with Gasteiger partial charge in [-0.2, -0.15) is 0 Å². The van der Waals surface area contributed by atoms with E-state index in [1.807, 2.05) is 6.92 Å². The standard InChI is InChI=1S/C9H17NO/c1-8-3-5-10(6-4-8)9(2)7-11/h7-9H,3-6H2,1-2H3. The maximum Gasteiger partial charge on any atom is 0.136 e. The summed E-state index contributed by atoms with van der Waals surface area (Å²) >= 11 is 0. The van der Waals surface area contributed by atoms with Crippen molar-refractivity contribution in [2.75, 3.05) is 13.1 Å². The molecule has 1 unspecified atom stereocenters. The molecule has 1 aliphatic heterocycles. The number of aldehydes is 1. The van der Waals surface area contributed by atoms with Crippen molar-refractivity contribution in [2.45, 2.75) is 32.7 Å². The molecule has 0 aliphatic carbocycles. The van der Waals surface area contributed by atoms with Crippen molar-refractivity contribution >= 4 is 6.29 Å². The second-order valence-electron chi connectivity index (χ2n) is 3.60. The van der Waals surface area contributed by atoms with Crippen LogP contribution in [0.15, 0.2) is 0 Å². The molecule has 0 aromatic heterocycles. The fourth-order valence-electron chi connectivity index (χ4n) is 1.52. The topological polar surface area (TPSA) is 20.3 Å². The van der Waals surface area contributed by atoms with Crippen molar-refractivity contribution in [1.29, 1.82) is 0 Å². The number of hydrogen-bond acceptors (Lipinski definition) is 2.